The van der Waals surface area contributed by atoms with Crippen molar-refractivity contribution in [3.63, 3.8) is 0 Å². The summed E-state index contributed by atoms with van der Waals surface area (Å²) in [6, 6.07) is 1.63. The first-order valence-electron chi connectivity index (χ1n) is 4.22. The molecular formula is C9H9BrClNO. The smallest absolute Gasteiger partial charge is 0.264 e. The topological polar surface area (TPSA) is 22.0 Å². The molecule has 4 heteroatoms. The van der Waals surface area contributed by atoms with E-state index in [2.05, 4.69) is 15.9 Å². The van der Waals surface area contributed by atoms with Gasteiger partial charge in [0.1, 0.15) is 0 Å². The van der Waals surface area contributed by atoms with Gasteiger partial charge in [-0.1, -0.05) is 11.6 Å². The summed E-state index contributed by atoms with van der Waals surface area (Å²) < 4.78 is 2.23. The molecule has 1 aliphatic rings. The van der Waals surface area contributed by atoms with Gasteiger partial charge in [0.2, 0.25) is 0 Å². The van der Waals surface area contributed by atoms with Crippen LogP contribution in [0.4, 0.5) is 0 Å². The predicted octanol–water partition coefficient (Wildman–Crippen LogP) is 2.67. The quantitative estimate of drug-likeness (QED) is 0.803. The van der Waals surface area contributed by atoms with Crippen molar-refractivity contribution < 1.29 is 0 Å². The second kappa shape index (κ2) is 3.46. The summed E-state index contributed by atoms with van der Waals surface area (Å²) in [5, 5.41) is 0.604. The second-order valence-electron chi connectivity index (χ2n) is 3.41. The van der Waals surface area contributed by atoms with Crippen LogP contribution in [0.2, 0.25) is 5.02 Å². The highest BCUT2D eigenvalue weighted by atomic mass is 79.9. The van der Waals surface area contributed by atoms with Crippen molar-refractivity contribution in [3.05, 3.63) is 32.1 Å². The molecule has 1 heterocycles. The van der Waals surface area contributed by atoms with Crippen molar-refractivity contribution in [2.45, 2.75) is 19.4 Å². The molecule has 0 atom stereocenters. The van der Waals surface area contributed by atoms with E-state index in [-0.39, 0.29) is 5.56 Å². The third-order valence-corrected chi connectivity index (χ3v) is 2.94. The van der Waals surface area contributed by atoms with Crippen LogP contribution in [0.5, 0.6) is 0 Å². The monoisotopic (exact) mass is 261 g/mol. The van der Waals surface area contributed by atoms with Gasteiger partial charge in [-0.2, -0.15) is 0 Å². The van der Waals surface area contributed by atoms with E-state index in [1.807, 2.05) is 0 Å². The van der Waals surface area contributed by atoms with Crippen molar-refractivity contribution in [2.75, 3.05) is 0 Å². The molecule has 70 valence electrons. The third kappa shape index (κ3) is 2.15. The summed E-state index contributed by atoms with van der Waals surface area (Å²) in [4.78, 5) is 11.5. The Morgan fingerprint density at radius 3 is 2.92 bits per heavy atom. The minimum atomic E-state index is 0.0105. The first kappa shape index (κ1) is 9.28. The van der Waals surface area contributed by atoms with Gasteiger partial charge in [0, 0.05) is 12.7 Å². The Morgan fingerprint density at radius 2 is 2.31 bits per heavy atom. The van der Waals surface area contributed by atoms with E-state index in [1.165, 1.54) is 12.8 Å². The minimum Gasteiger partial charge on any atom is -0.313 e. The molecule has 0 aliphatic heterocycles. The molecule has 0 bridgehead atoms. The van der Waals surface area contributed by atoms with Crippen LogP contribution in [-0.2, 0) is 6.54 Å². The first-order valence-corrected chi connectivity index (χ1v) is 5.39. The first-order chi connectivity index (χ1) is 6.16. The zero-order valence-electron chi connectivity index (χ0n) is 6.96. The van der Waals surface area contributed by atoms with Crippen LogP contribution in [-0.4, -0.2) is 4.57 Å². The zero-order valence-corrected chi connectivity index (χ0v) is 9.31. The standard InChI is InChI=1S/C9H9BrClNO/c10-8-3-7(11)5-12(9(8)13)4-6-1-2-6/h3,5-6H,1-2,4H2. The molecule has 0 N–H and O–H groups in total. The summed E-state index contributed by atoms with van der Waals surface area (Å²) >= 11 is 9.03. The highest BCUT2D eigenvalue weighted by molar-refractivity contribution is 9.10. The van der Waals surface area contributed by atoms with Gasteiger partial charge in [-0.15, -0.1) is 0 Å². The SMILES string of the molecule is O=c1c(Br)cc(Cl)cn1CC1CC1. The Hall–Kier alpha value is -0.280. The second-order valence-corrected chi connectivity index (χ2v) is 4.70. The maximum atomic E-state index is 11.5. The van der Waals surface area contributed by atoms with Crippen LogP contribution < -0.4 is 5.56 Å². The van der Waals surface area contributed by atoms with E-state index in [9.17, 15) is 4.79 Å². The van der Waals surface area contributed by atoms with Gasteiger partial charge in [0.25, 0.3) is 5.56 Å². The molecule has 1 aromatic heterocycles. The largest absolute Gasteiger partial charge is 0.313 e. The van der Waals surface area contributed by atoms with E-state index in [0.717, 1.165) is 6.54 Å². The average molecular weight is 263 g/mol. The molecule has 0 radical (unpaired) electrons. The Kier molecular flexibility index (Phi) is 2.47. The normalized spacial score (nSPS) is 16.2. The lowest BCUT2D eigenvalue weighted by molar-refractivity contribution is 0.605. The fraction of sp³-hybridized carbons (Fsp3) is 0.444. The predicted molar refractivity (Wildman–Crippen MR) is 56.1 cm³/mol. The van der Waals surface area contributed by atoms with Gasteiger partial charge in [-0.05, 0) is 40.8 Å². The maximum absolute atomic E-state index is 11.5. The number of pyridine rings is 1. The third-order valence-electron chi connectivity index (χ3n) is 2.16. The molecule has 0 spiro atoms. The van der Waals surface area contributed by atoms with E-state index < -0.39 is 0 Å². The molecule has 1 aliphatic carbocycles. The molecule has 0 unspecified atom stereocenters. The molecule has 1 aromatic rings. The summed E-state index contributed by atoms with van der Waals surface area (Å²) in [5.74, 6) is 0.683. The minimum absolute atomic E-state index is 0.0105. The number of aromatic nitrogens is 1. The number of halogens is 2. The van der Waals surface area contributed by atoms with Crippen LogP contribution in [0.25, 0.3) is 0 Å². The Morgan fingerprint density at radius 1 is 1.62 bits per heavy atom. The van der Waals surface area contributed by atoms with Crippen LogP contribution in [0, 0.1) is 5.92 Å². The maximum Gasteiger partial charge on any atom is 0.264 e. The Balaban J connectivity index is 2.36. The van der Waals surface area contributed by atoms with Gasteiger partial charge < -0.3 is 4.57 Å². The number of rotatable bonds is 2. The average Bonchev–Trinajstić information content (AvgIpc) is 2.83. The molecule has 0 saturated heterocycles. The zero-order chi connectivity index (χ0) is 9.42. The molecule has 2 rings (SSSR count). The van der Waals surface area contributed by atoms with E-state index in [1.54, 1.807) is 16.8 Å². The molecular weight excluding hydrogens is 253 g/mol. The molecule has 0 aromatic carbocycles. The van der Waals surface area contributed by atoms with Crippen LogP contribution in [0.1, 0.15) is 12.8 Å². The van der Waals surface area contributed by atoms with Gasteiger partial charge in [-0.25, -0.2) is 0 Å². The molecule has 1 fully saturated rings. The lowest BCUT2D eigenvalue weighted by Gasteiger charge is -2.05. The summed E-state index contributed by atoms with van der Waals surface area (Å²) in [5.41, 5.74) is 0.0105. The van der Waals surface area contributed by atoms with Crippen molar-refractivity contribution >= 4 is 27.5 Å². The summed E-state index contributed by atoms with van der Waals surface area (Å²) in [6.45, 7) is 0.804. The van der Waals surface area contributed by atoms with Gasteiger partial charge in [0.05, 0.1) is 9.50 Å². The van der Waals surface area contributed by atoms with Gasteiger partial charge in [-0.3, -0.25) is 4.79 Å². The molecule has 0 amide bonds. The van der Waals surface area contributed by atoms with Crippen molar-refractivity contribution in [2.24, 2.45) is 5.92 Å². The molecule has 2 nitrogen and oxygen atoms in total. The van der Waals surface area contributed by atoms with Crippen LogP contribution in [0.15, 0.2) is 21.5 Å². The van der Waals surface area contributed by atoms with Crippen molar-refractivity contribution in [3.8, 4) is 0 Å². The lowest BCUT2D eigenvalue weighted by Crippen LogP contribution is -2.20. The molecule has 1 saturated carbocycles. The van der Waals surface area contributed by atoms with Crippen molar-refractivity contribution in [1.82, 2.24) is 4.57 Å². The number of hydrogen-bond acceptors (Lipinski definition) is 1. The Labute approximate surface area is 89.6 Å². The fourth-order valence-corrected chi connectivity index (χ4v) is 2.11. The highest BCUT2D eigenvalue weighted by Crippen LogP contribution is 2.30. The van der Waals surface area contributed by atoms with Gasteiger partial charge in [0.15, 0.2) is 0 Å². The number of nitrogens with zero attached hydrogens (tertiary/aromatic N) is 1. The number of hydrogen-bond donors (Lipinski definition) is 0. The molecule has 13 heavy (non-hydrogen) atoms. The van der Waals surface area contributed by atoms with Crippen LogP contribution in [0.3, 0.4) is 0 Å². The van der Waals surface area contributed by atoms with Crippen LogP contribution >= 0.6 is 27.5 Å². The fourth-order valence-electron chi connectivity index (χ4n) is 1.28. The van der Waals surface area contributed by atoms with E-state index in [0.29, 0.717) is 15.4 Å². The van der Waals surface area contributed by atoms with Gasteiger partial charge >= 0.3 is 0 Å². The summed E-state index contributed by atoms with van der Waals surface area (Å²) in [6.07, 6.45) is 4.17. The van der Waals surface area contributed by atoms with E-state index in [4.69, 9.17) is 11.6 Å². The Bertz CT molecular complexity index is 384. The summed E-state index contributed by atoms with van der Waals surface area (Å²) in [7, 11) is 0. The lowest BCUT2D eigenvalue weighted by atomic mass is 10.4. The van der Waals surface area contributed by atoms with Crippen molar-refractivity contribution in [1.29, 1.82) is 0 Å². The highest BCUT2D eigenvalue weighted by Gasteiger charge is 2.22. The van der Waals surface area contributed by atoms with E-state index >= 15 is 0 Å².